The fourth-order valence-corrected chi connectivity index (χ4v) is 2.79. The maximum absolute atomic E-state index is 12.6. The first-order valence-corrected chi connectivity index (χ1v) is 8.99. The second kappa shape index (κ2) is 8.90. The summed E-state index contributed by atoms with van der Waals surface area (Å²) in [6, 6.07) is 20.3. The van der Waals surface area contributed by atoms with E-state index in [4.69, 9.17) is 9.15 Å². The lowest BCUT2D eigenvalue weighted by atomic mass is 10.2. The molecule has 28 heavy (non-hydrogen) atoms. The molecule has 0 saturated carbocycles. The SMILES string of the molecule is CC(C)N(C(=O)COC(=O)c1ccco1)c1ccc(Nc2ccccc2)cc1. The van der Waals surface area contributed by atoms with E-state index in [1.54, 1.807) is 11.0 Å². The maximum Gasteiger partial charge on any atom is 0.374 e. The number of ether oxygens (including phenoxy) is 1. The van der Waals surface area contributed by atoms with E-state index in [1.807, 2.05) is 68.4 Å². The van der Waals surface area contributed by atoms with Gasteiger partial charge in [-0.15, -0.1) is 0 Å². The average Bonchev–Trinajstić information content (AvgIpc) is 3.23. The summed E-state index contributed by atoms with van der Waals surface area (Å²) in [7, 11) is 0. The molecule has 6 nitrogen and oxygen atoms in total. The van der Waals surface area contributed by atoms with Gasteiger partial charge in [0.2, 0.25) is 5.76 Å². The van der Waals surface area contributed by atoms with Gasteiger partial charge < -0.3 is 19.4 Å². The minimum atomic E-state index is -0.663. The van der Waals surface area contributed by atoms with E-state index in [1.165, 1.54) is 12.3 Å². The predicted octanol–water partition coefficient (Wildman–Crippen LogP) is 4.62. The Kier molecular flexibility index (Phi) is 6.11. The zero-order chi connectivity index (χ0) is 19.9. The molecule has 0 saturated heterocycles. The van der Waals surface area contributed by atoms with Gasteiger partial charge in [0.25, 0.3) is 5.91 Å². The van der Waals surface area contributed by atoms with Crippen LogP contribution in [0.2, 0.25) is 0 Å². The van der Waals surface area contributed by atoms with Crippen molar-refractivity contribution in [1.29, 1.82) is 0 Å². The number of esters is 1. The quantitative estimate of drug-likeness (QED) is 0.607. The first kappa shape index (κ1) is 19.2. The fraction of sp³-hybridized carbons (Fsp3) is 0.182. The molecule has 0 aliphatic rings. The first-order valence-electron chi connectivity index (χ1n) is 8.99. The van der Waals surface area contributed by atoms with Gasteiger partial charge in [-0.3, -0.25) is 4.79 Å². The van der Waals surface area contributed by atoms with Crippen LogP contribution in [0, 0.1) is 0 Å². The molecule has 1 amide bonds. The molecule has 6 heteroatoms. The number of carbonyl (C=O) groups excluding carboxylic acids is 2. The van der Waals surface area contributed by atoms with E-state index in [-0.39, 0.29) is 24.3 Å². The highest BCUT2D eigenvalue weighted by atomic mass is 16.5. The van der Waals surface area contributed by atoms with Crippen molar-refractivity contribution >= 4 is 28.9 Å². The molecule has 0 radical (unpaired) electrons. The molecule has 2 aromatic carbocycles. The lowest BCUT2D eigenvalue weighted by Gasteiger charge is -2.27. The van der Waals surface area contributed by atoms with Gasteiger partial charge >= 0.3 is 5.97 Å². The number of amides is 1. The fourth-order valence-electron chi connectivity index (χ4n) is 2.79. The molecule has 0 aliphatic heterocycles. The summed E-state index contributed by atoms with van der Waals surface area (Å²) in [6.07, 6.45) is 1.38. The lowest BCUT2D eigenvalue weighted by Crippen LogP contribution is -2.39. The van der Waals surface area contributed by atoms with Crippen LogP contribution in [0.15, 0.2) is 77.4 Å². The van der Waals surface area contributed by atoms with Crippen molar-refractivity contribution in [2.45, 2.75) is 19.9 Å². The molecule has 0 fully saturated rings. The molecule has 1 N–H and O–H groups in total. The molecule has 3 aromatic rings. The van der Waals surface area contributed by atoms with Gasteiger partial charge in [-0.2, -0.15) is 0 Å². The number of hydrogen-bond donors (Lipinski definition) is 1. The Morgan fingerprint density at radius 3 is 2.25 bits per heavy atom. The number of rotatable bonds is 7. The van der Waals surface area contributed by atoms with Crippen LogP contribution in [0.1, 0.15) is 24.4 Å². The molecular weight excluding hydrogens is 356 g/mol. The van der Waals surface area contributed by atoms with Gasteiger partial charge in [-0.25, -0.2) is 4.79 Å². The predicted molar refractivity (Wildman–Crippen MR) is 108 cm³/mol. The third kappa shape index (κ3) is 4.79. The summed E-state index contributed by atoms with van der Waals surface area (Å²) in [5.74, 6) is -0.900. The third-order valence-corrected chi connectivity index (χ3v) is 4.04. The molecule has 0 unspecified atom stereocenters. The normalized spacial score (nSPS) is 10.5. The molecule has 0 atom stereocenters. The van der Waals surface area contributed by atoms with Crippen molar-refractivity contribution in [3.8, 4) is 0 Å². The van der Waals surface area contributed by atoms with E-state index in [0.29, 0.717) is 0 Å². The number of carbonyl (C=O) groups is 2. The van der Waals surface area contributed by atoms with Gasteiger partial charge in [-0.1, -0.05) is 18.2 Å². The van der Waals surface area contributed by atoms with Crippen molar-refractivity contribution in [1.82, 2.24) is 0 Å². The van der Waals surface area contributed by atoms with Crippen LogP contribution in [0.25, 0.3) is 0 Å². The number of hydrogen-bond acceptors (Lipinski definition) is 5. The number of furan rings is 1. The Labute approximate surface area is 163 Å². The Bertz CT molecular complexity index is 903. The van der Waals surface area contributed by atoms with E-state index < -0.39 is 5.97 Å². The summed E-state index contributed by atoms with van der Waals surface area (Å²) in [5.41, 5.74) is 2.62. The molecule has 1 aromatic heterocycles. The van der Waals surface area contributed by atoms with Crippen molar-refractivity contribution in [2.75, 3.05) is 16.8 Å². The van der Waals surface area contributed by atoms with Crippen LogP contribution in [-0.4, -0.2) is 24.5 Å². The Hall–Kier alpha value is -3.54. The summed E-state index contributed by atoms with van der Waals surface area (Å²) >= 11 is 0. The van der Waals surface area contributed by atoms with Crippen LogP contribution in [-0.2, 0) is 9.53 Å². The Balaban J connectivity index is 1.65. The maximum atomic E-state index is 12.6. The highest BCUT2D eigenvalue weighted by Gasteiger charge is 2.21. The zero-order valence-corrected chi connectivity index (χ0v) is 15.8. The van der Waals surface area contributed by atoms with E-state index >= 15 is 0 Å². The van der Waals surface area contributed by atoms with Gasteiger partial charge in [-0.05, 0) is 62.4 Å². The number of para-hydroxylation sites is 1. The van der Waals surface area contributed by atoms with Crippen LogP contribution >= 0.6 is 0 Å². The second-order valence-electron chi connectivity index (χ2n) is 6.45. The van der Waals surface area contributed by atoms with E-state index in [0.717, 1.165) is 17.1 Å². The topological polar surface area (TPSA) is 71.8 Å². The minimum absolute atomic E-state index is 0.0697. The molecule has 0 spiro atoms. The highest BCUT2D eigenvalue weighted by Crippen LogP contribution is 2.23. The summed E-state index contributed by atoms with van der Waals surface area (Å²) < 4.78 is 10.0. The number of anilines is 3. The minimum Gasteiger partial charge on any atom is -0.457 e. The van der Waals surface area contributed by atoms with Crippen LogP contribution in [0.5, 0.6) is 0 Å². The van der Waals surface area contributed by atoms with Gasteiger partial charge in [0.1, 0.15) is 0 Å². The van der Waals surface area contributed by atoms with Crippen molar-refractivity contribution in [3.05, 3.63) is 78.8 Å². The van der Waals surface area contributed by atoms with Crippen molar-refractivity contribution < 1.29 is 18.7 Å². The summed E-state index contributed by atoms with van der Waals surface area (Å²) in [5, 5.41) is 3.30. The van der Waals surface area contributed by atoms with Crippen molar-refractivity contribution in [3.63, 3.8) is 0 Å². The summed E-state index contributed by atoms with van der Waals surface area (Å²) in [6.45, 7) is 3.45. The van der Waals surface area contributed by atoms with Gasteiger partial charge in [0.15, 0.2) is 6.61 Å². The monoisotopic (exact) mass is 378 g/mol. The zero-order valence-electron chi connectivity index (χ0n) is 15.8. The van der Waals surface area contributed by atoms with Crippen LogP contribution in [0.3, 0.4) is 0 Å². The smallest absolute Gasteiger partial charge is 0.374 e. The molecule has 144 valence electrons. The second-order valence-corrected chi connectivity index (χ2v) is 6.45. The molecular formula is C22H22N2O4. The van der Waals surface area contributed by atoms with Crippen LogP contribution < -0.4 is 10.2 Å². The number of nitrogens with one attached hydrogen (secondary N) is 1. The Morgan fingerprint density at radius 1 is 0.964 bits per heavy atom. The number of benzene rings is 2. The lowest BCUT2D eigenvalue weighted by molar-refractivity contribution is -0.122. The standard InChI is InChI=1S/C22H22N2O4/c1-16(2)24(21(25)15-28-22(26)20-9-6-14-27-20)19-12-10-18(11-13-19)23-17-7-4-3-5-8-17/h3-14,16,23H,15H2,1-2H3. The van der Waals surface area contributed by atoms with Gasteiger partial charge in [0.05, 0.1) is 6.26 Å². The third-order valence-electron chi connectivity index (χ3n) is 4.04. The summed E-state index contributed by atoms with van der Waals surface area (Å²) in [4.78, 5) is 26.1. The first-order chi connectivity index (χ1) is 13.5. The Morgan fingerprint density at radius 2 is 1.64 bits per heavy atom. The number of nitrogens with zero attached hydrogens (tertiary/aromatic N) is 1. The van der Waals surface area contributed by atoms with E-state index in [2.05, 4.69) is 5.32 Å². The van der Waals surface area contributed by atoms with Crippen molar-refractivity contribution in [2.24, 2.45) is 0 Å². The van der Waals surface area contributed by atoms with E-state index in [9.17, 15) is 9.59 Å². The molecule has 3 rings (SSSR count). The van der Waals surface area contributed by atoms with Gasteiger partial charge in [0, 0.05) is 23.1 Å². The van der Waals surface area contributed by atoms with Crippen LogP contribution in [0.4, 0.5) is 17.1 Å². The largest absolute Gasteiger partial charge is 0.457 e. The highest BCUT2D eigenvalue weighted by molar-refractivity contribution is 5.97. The molecule has 0 bridgehead atoms. The average molecular weight is 378 g/mol. The molecule has 0 aliphatic carbocycles. The molecule has 1 heterocycles.